The average Bonchev–Trinajstić information content (AvgIpc) is 2.83. The molecule has 0 spiro atoms. The van der Waals surface area contributed by atoms with Crippen molar-refractivity contribution < 1.29 is 0 Å². The van der Waals surface area contributed by atoms with Crippen LogP contribution in [0.1, 0.15) is 41.0 Å². The molecule has 4 heteroatoms. The maximum Gasteiger partial charge on any atom is 0.0931 e. The van der Waals surface area contributed by atoms with Crippen LogP contribution in [-0.4, -0.2) is 6.54 Å². The number of aryl methyl sites for hydroxylation is 2. The van der Waals surface area contributed by atoms with E-state index in [-0.39, 0.29) is 6.04 Å². The van der Waals surface area contributed by atoms with Crippen LogP contribution >= 0.6 is 38.9 Å². The van der Waals surface area contributed by atoms with Crippen molar-refractivity contribution >= 4 is 38.9 Å². The van der Waals surface area contributed by atoms with E-state index >= 15 is 0 Å². The quantitative estimate of drug-likeness (QED) is 0.692. The molecule has 2 aromatic rings. The summed E-state index contributed by atoms with van der Waals surface area (Å²) in [5.41, 5.74) is 3.84. The number of benzene rings is 1. The van der Waals surface area contributed by atoms with Gasteiger partial charge in [0.1, 0.15) is 0 Å². The summed E-state index contributed by atoms with van der Waals surface area (Å²) < 4.78 is 2.04. The van der Waals surface area contributed by atoms with E-state index in [9.17, 15) is 0 Å². The number of halogens is 2. The summed E-state index contributed by atoms with van der Waals surface area (Å²) in [4.78, 5) is 1.27. The van der Waals surface area contributed by atoms with Gasteiger partial charge < -0.3 is 5.32 Å². The maximum absolute atomic E-state index is 6.10. The largest absolute Gasteiger partial charge is 0.306 e. The highest BCUT2D eigenvalue weighted by molar-refractivity contribution is 9.10. The highest BCUT2D eigenvalue weighted by atomic mass is 79.9. The van der Waals surface area contributed by atoms with Crippen molar-refractivity contribution in [1.82, 2.24) is 5.32 Å². The molecule has 0 fully saturated rings. The lowest BCUT2D eigenvalue weighted by Gasteiger charge is -2.19. The Morgan fingerprint density at radius 3 is 2.40 bits per heavy atom. The van der Waals surface area contributed by atoms with Gasteiger partial charge in [0.15, 0.2) is 0 Å². The van der Waals surface area contributed by atoms with Crippen molar-refractivity contribution in [1.29, 1.82) is 0 Å². The molecule has 1 aromatic heterocycles. The van der Waals surface area contributed by atoms with Crippen molar-refractivity contribution in [2.45, 2.75) is 33.2 Å². The average molecular weight is 373 g/mol. The smallest absolute Gasteiger partial charge is 0.0931 e. The fourth-order valence-electron chi connectivity index (χ4n) is 2.30. The molecule has 1 nitrogen and oxygen atoms in total. The van der Waals surface area contributed by atoms with Gasteiger partial charge in [0.05, 0.1) is 10.4 Å². The third kappa shape index (κ3) is 3.64. The fourth-order valence-corrected chi connectivity index (χ4v) is 3.69. The number of rotatable bonds is 5. The second-order valence-electron chi connectivity index (χ2n) is 5.00. The third-order valence-electron chi connectivity index (χ3n) is 3.27. The van der Waals surface area contributed by atoms with Gasteiger partial charge in [-0.05, 0) is 55.6 Å². The van der Waals surface area contributed by atoms with E-state index in [2.05, 4.69) is 60.2 Å². The Morgan fingerprint density at radius 2 is 1.90 bits per heavy atom. The van der Waals surface area contributed by atoms with Crippen LogP contribution in [0, 0.1) is 13.8 Å². The molecule has 0 aliphatic rings. The molecular weight excluding hydrogens is 354 g/mol. The molecule has 0 aliphatic carbocycles. The van der Waals surface area contributed by atoms with E-state index in [1.807, 2.05) is 6.07 Å². The van der Waals surface area contributed by atoms with Crippen molar-refractivity contribution in [3.63, 3.8) is 0 Å². The van der Waals surface area contributed by atoms with Crippen molar-refractivity contribution in [2.75, 3.05) is 6.54 Å². The zero-order chi connectivity index (χ0) is 14.7. The van der Waals surface area contributed by atoms with Crippen LogP contribution in [0.25, 0.3) is 0 Å². The summed E-state index contributed by atoms with van der Waals surface area (Å²) in [6, 6.07) is 8.81. The molecule has 1 atom stereocenters. The summed E-state index contributed by atoms with van der Waals surface area (Å²) in [5.74, 6) is 0. The van der Waals surface area contributed by atoms with Crippen molar-refractivity contribution in [2.24, 2.45) is 0 Å². The third-order valence-corrected chi connectivity index (χ3v) is 5.82. The monoisotopic (exact) mass is 371 g/mol. The van der Waals surface area contributed by atoms with E-state index in [0.29, 0.717) is 0 Å². The van der Waals surface area contributed by atoms with Gasteiger partial charge in [-0.1, -0.05) is 46.6 Å². The lowest BCUT2D eigenvalue weighted by Crippen LogP contribution is -2.22. The summed E-state index contributed by atoms with van der Waals surface area (Å²) in [5, 5.41) is 3.63. The molecular formula is C16H19BrClNS. The summed E-state index contributed by atoms with van der Waals surface area (Å²) in [6.45, 7) is 7.45. The Morgan fingerprint density at radius 1 is 1.25 bits per heavy atom. The first-order valence-electron chi connectivity index (χ1n) is 6.78. The minimum atomic E-state index is 0.220. The molecule has 0 amide bonds. The molecule has 1 aromatic carbocycles. The number of hydrogen-bond donors (Lipinski definition) is 1. The Hall–Kier alpha value is -0.350. The van der Waals surface area contributed by atoms with Crippen LogP contribution in [0.15, 0.2) is 28.7 Å². The van der Waals surface area contributed by atoms with Gasteiger partial charge in [0.2, 0.25) is 0 Å². The minimum absolute atomic E-state index is 0.220. The maximum atomic E-state index is 6.10. The number of thiophene rings is 1. The molecule has 1 N–H and O–H groups in total. The highest BCUT2D eigenvalue weighted by Crippen LogP contribution is 2.33. The molecule has 0 saturated heterocycles. The van der Waals surface area contributed by atoms with Crippen LogP contribution in [0.3, 0.4) is 0 Å². The van der Waals surface area contributed by atoms with Gasteiger partial charge in [-0.2, -0.15) is 0 Å². The highest BCUT2D eigenvalue weighted by Gasteiger charge is 2.17. The number of nitrogens with one attached hydrogen (secondary N) is 1. The molecule has 1 unspecified atom stereocenters. The van der Waals surface area contributed by atoms with Crippen LogP contribution in [-0.2, 0) is 0 Å². The van der Waals surface area contributed by atoms with Gasteiger partial charge in [-0.3, -0.25) is 0 Å². The lowest BCUT2D eigenvalue weighted by molar-refractivity contribution is 0.605. The van der Waals surface area contributed by atoms with Crippen molar-refractivity contribution in [3.05, 3.63) is 54.6 Å². The van der Waals surface area contributed by atoms with Gasteiger partial charge in [0, 0.05) is 9.35 Å². The zero-order valence-electron chi connectivity index (χ0n) is 12.0. The Bertz CT molecular complexity index is 571. The normalized spacial score (nSPS) is 12.7. The second kappa shape index (κ2) is 7.08. The molecule has 0 saturated carbocycles. The Balaban J connectivity index is 2.40. The summed E-state index contributed by atoms with van der Waals surface area (Å²) in [6.07, 6.45) is 1.12. The van der Waals surface area contributed by atoms with Crippen LogP contribution in [0.4, 0.5) is 0 Å². The minimum Gasteiger partial charge on any atom is -0.306 e. The molecule has 0 aliphatic heterocycles. The van der Waals surface area contributed by atoms with E-state index < -0.39 is 0 Å². The Labute approximate surface area is 138 Å². The first-order valence-corrected chi connectivity index (χ1v) is 8.77. The van der Waals surface area contributed by atoms with Gasteiger partial charge >= 0.3 is 0 Å². The first kappa shape index (κ1) is 16.0. The van der Waals surface area contributed by atoms with Gasteiger partial charge in [0.25, 0.3) is 0 Å². The predicted molar refractivity (Wildman–Crippen MR) is 93.1 cm³/mol. The first-order chi connectivity index (χ1) is 9.52. The van der Waals surface area contributed by atoms with E-state index in [1.165, 1.54) is 26.0 Å². The molecule has 108 valence electrons. The molecule has 20 heavy (non-hydrogen) atoms. The molecule has 1 heterocycles. The molecule has 2 rings (SSSR count). The SMILES string of the molecule is CCCNC(c1cc(C)c(Br)c(C)c1)c1ccc(Cl)s1. The Kier molecular flexibility index (Phi) is 5.67. The fraction of sp³-hybridized carbons (Fsp3) is 0.375. The van der Waals surface area contributed by atoms with Crippen molar-refractivity contribution in [3.8, 4) is 0 Å². The summed E-state index contributed by atoms with van der Waals surface area (Å²) in [7, 11) is 0. The topological polar surface area (TPSA) is 12.0 Å². The van der Waals surface area contributed by atoms with E-state index in [4.69, 9.17) is 11.6 Å². The predicted octanol–water partition coefficient (Wildman–Crippen LogP) is 5.87. The standard InChI is InChI=1S/C16H19BrClNS/c1-4-7-19-16(13-5-6-14(18)20-13)12-8-10(2)15(17)11(3)9-12/h5-6,8-9,16,19H,4,7H2,1-3H3. The van der Waals surface area contributed by atoms with E-state index in [1.54, 1.807) is 11.3 Å². The second-order valence-corrected chi connectivity index (χ2v) is 7.54. The number of hydrogen-bond acceptors (Lipinski definition) is 2. The van der Waals surface area contributed by atoms with E-state index in [0.717, 1.165) is 17.3 Å². The lowest BCUT2D eigenvalue weighted by atomic mass is 10.00. The van der Waals surface area contributed by atoms with Crippen LogP contribution < -0.4 is 5.32 Å². The molecule has 0 radical (unpaired) electrons. The van der Waals surface area contributed by atoms with Crippen LogP contribution in [0.5, 0.6) is 0 Å². The van der Waals surface area contributed by atoms with Gasteiger partial charge in [-0.25, -0.2) is 0 Å². The molecule has 0 bridgehead atoms. The van der Waals surface area contributed by atoms with Gasteiger partial charge in [-0.15, -0.1) is 11.3 Å². The van der Waals surface area contributed by atoms with Crippen LogP contribution in [0.2, 0.25) is 4.34 Å². The zero-order valence-corrected chi connectivity index (χ0v) is 15.1. The summed E-state index contributed by atoms with van der Waals surface area (Å²) >= 11 is 11.4.